The van der Waals surface area contributed by atoms with Gasteiger partial charge in [-0.1, -0.05) is 58.5 Å². The van der Waals surface area contributed by atoms with E-state index in [0.717, 1.165) is 0 Å². The Hall–Kier alpha value is -1.02. The Morgan fingerprint density at radius 3 is 2.00 bits per heavy atom. The first-order valence-corrected chi connectivity index (χ1v) is 10.9. The third-order valence-electron chi connectivity index (χ3n) is 4.24. The highest BCUT2D eigenvalue weighted by molar-refractivity contribution is 7.89. The van der Waals surface area contributed by atoms with Crippen molar-refractivity contribution in [2.45, 2.75) is 4.90 Å². The summed E-state index contributed by atoms with van der Waals surface area (Å²) in [5.74, 6) is -0.291. The summed E-state index contributed by atoms with van der Waals surface area (Å²) in [6.07, 6.45) is 0. The number of halogens is 4. The number of piperazine rings is 1. The van der Waals surface area contributed by atoms with Crippen molar-refractivity contribution in [2.75, 3.05) is 26.2 Å². The maximum Gasteiger partial charge on any atom is 0.255 e. The lowest BCUT2D eigenvalue weighted by Gasteiger charge is -2.34. The van der Waals surface area contributed by atoms with E-state index in [4.69, 9.17) is 46.4 Å². The average Bonchev–Trinajstić information content (AvgIpc) is 2.65. The highest BCUT2D eigenvalue weighted by Gasteiger charge is 2.32. The van der Waals surface area contributed by atoms with E-state index >= 15 is 0 Å². The van der Waals surface area contributed by atoms with Gasteiger partial charge in [0.1, 0.15) is 4.90 Å². The second kappa shape index (κ2) is 8.15. The van der Waals surface area contributed by atoms with Crippen LogP contribution in [0.4, 0.5) is 0 Å². The van der Waals surface area contributed by atoms with Crippen LogP contribution in [0.3, 0.4) is 0 Å². The topological polar surface area (TPSA) is 57.7 Å². The number of hydrogen-bond acceptors (Lipinski definition) is 3. The van der Waals surface area contributed by atoms with Crippen LogP contribution in [0.5, 0.6) is 0 Å². The van der Waals surface area contributed by atoms with Crippen molar-refractivity contribution in [1.29, 1.82) is 0 Å². The van der Waals surface area contributed by atoms with E-state index in [-0.39, 0.29) is 52.0 Å². The third kappa shape index (κ3) is 4.06. The number of sulfonamides is 1. The summed E-state index contributed by atoms with van der Waals surface area (Å²) in [5, 5.41) is 0.634. The number of amides is 1. The molecule has 144 valence electrons. The Bertz CT molecular complexity index is 990. The van der Waals surface area contributed by atoms with Crippen LogP contribution in [-0.2, 0) is 10.0 Å². The molecule has 0 radical (unpaired) electrons. The van der Waals surface area contributed by atoms with E-state index in [2.05, 4.69) is 0 Å². The zero-order valence-corrected chi connectivity index (χ0v) is 17.7. The van der Waals surface area contributed by atoms with E-state index in [0.29, 0.717) is 10.6 Å². The zero-order chi connectivity index (χ0) is 19.8. The normalized spacial score (nSPS) is 15.8. The van der Waals surface area contributed by atoms with Crippen molar-refractivity contribution in [3.05, 3.63) is 62.1 Å². The van der Waals surface area contributed by atoms with Crippen LogP contribution >= 0.6 is 46.4 Å². The second-order valence-electron chi connectivity index (χ2n) is 5.85. The van der Waals surface area contributed by atoms with Gasteiger partial charge in [-0.3, -0.25) is 4.79 Å². The standard InChI is InChI=1S/C17H14Cl4N2O3S/c18-12-4-1-3-11(15(12)20)17(24)22-7-9-23(10-8-22)27(25,26)14-6-2-5-13(19)16(14)21/h1-6H,7-10H2. The first kappa shape index (κ1) is 20.7. The van der Waals surface area contributed by atoms with Gasteiger partial charge in [-0.25, -0.2) is 8.42 Å². The van der Waals surface area contributed by atoms with E-state index in [1.165, 1.54) is 22.5 Å². The molecule has 0 aliphatic carbocycles. The molecule has 0 bridgehead atoms. The molecular weight excluding hydrogens is 454 g/mol. The monoisotopic (exact) mass is 466 g/mol. The summed E-state index contributed by atoms with van der Waals surface area (Å²) >= 11 is 24.1. The molecular formula is C17H14Cl4N2O3S. The minimum atomic E-state index is -3.81. The van der Waals surface area contributed by atoms with Crippen LogP contribution in [-0.4, -0.2) is 49.7 Å². The van der Waals surface area contributed by atoms with Crippen LogP contribution in [0.25, 0.3) is 0 Å². The predicted octanol–water partition coefficient (Wildman–Crippen LogP) is 4.45. The molecule has 2 aromatic carbocycles. The van der Waals surface area contributed by atoms with Crippen LogP contribution < -0.4 is 0 Å². The Morgan fingerprint density at radius 1 is 0.815 bits per heavy atom. The van der Waals surface area contributed by atoms with E-state index < -0.39 is 10.0 Å². The van der Waals surface area contributed by atoms with Crippen LogP contribution in [0.15, 0.2) is 41.3 Å². The number of carbonyl (C=O) groups excluding carboxylic acids is 1. The lowest BCUT2D eigenvalue weighted by molar-refractivity contribution is 0.0698. The van der Waals surface area contributed by atoms with E-state index in [1.54, 1.807) is 23.1 Å². The maximum atomic E-state index is 12.8. The number of rotatable bonds is 3. The third-order valence-corrected chi connectivity index (χ3v) is 7.93. The molecule has 0 spiro atoms. The molecule has 0 N–H and O–H groups in total. The van der Waals surface area contributed by atoms with Gasteiger partial charge in [-0.2, -0.15) is 4.31 Å². The van der Waals surface area contributed by atoms with Gasteiger partial charge in [0, 0.05) is 26.2 Å². The minimum Gasteiger partial charge on any atom is -0.336 e. The Balaban J connectivity index is 1.76. The summed E-state index contributed by atoms with van der Waals surface area (Å²) in [5.41, 5.74) is 0.290. The summed E-state index contributed by atoms with van der Waals surface area (Å²) in [6.45, 7) is 0.711. The quantitative estimate of drug-likeness (QED) is 0.670. The van der Waals surface area contributed by atoms with Crippen molar-refractivity contribution in [3.63, 3.8) is 0 Å². The predicted molar refractivity (Wildman–Crippen MR) is 108 cm³/mol. The average molecular weight is 468 g/mol. The Labute approximate surface area is 177 Å². The first-order chi connectivity index (χ1) is 12.7. The van der Waals surface area contributed by atoms with E-state index in [1.807, 2.05) is 0 Å². The molecule has 10 heteroatoms. The van der Waals surface area contributed by atoms with Crippen LogP contribution in [0.2, 0.25) is 20.1 Å². The molecule has 27 heavy (non-hydrogen) atoms. The molecule has 1 fully saturated rings. The van der Waals surface area contributed by atoms with Crippen molar-refractivity contribution >= 4 is 62.3 Å². The molecule has 1 aliphatic rings. The molecule has 1 saturated heterocycles. The maximum absolute atomic E-state index is 12.8. The lowest BCUT2D eigenvalue weighted by atomic mass is 10.2. The minimum absolute atomic E-state index is 0.0108. The van der Waals surface area contributed by atoms with Crippen molar-refractivity contribution in [1.82, 2.24) is 9.21 Å². The van der Waals surface area contributed by atoms with Crippen LogP contribution in [0, 0.1) is 0 Å². The smallest absolute Gasteiger partial charge is 0.255 e. The fourth-order valence-electron chi connectivity index (χ4n) is 2.79. The first-order valence-electron chi connectivity index (χ1n) is 7.91. The fraction of sp³-hybridized carbons (Fsp3) is 0.235. The highest BCUT2D eigenvalue weighted by Crippen LogP contribution is 2.32. The van der Waals surface area contributed by atoms with Gasteiger partial charge >= 0.3 is 0 Å². The van der Waals surface area contributed by atoms with Crippen molar-refractivity contribution < 1.29 is 13.2 Å². The van der Waals surface area contributed by atoms with Gasteiger partial charge in [-0.05, 0) is 24.3 Å². The van der Waals surface area contributed by atoms with Gasteiger partial charge in [0.2, 0.25) is 10.0 Å². The van der Waals surface area contributed by atoms with Crippen molar-refractivity contribution in [2.24, 2.45) is 0 Å². The van der Waals surface area contributed by atoms with Gasteiger partial charge in [0.25, 0.3) is 5.91 Å². The SMILES string of the molecule is O=C(c1cccc(Cl)c1Cl)N1CCN(S(=O)(=O)c2cccc(Cl)c2Cl)CC1. The lowest BCUT2D eigenvalue weighted by Crippen LogP contribution is -2.50. The summed E-state index contributed by atoms with van der Waals surface area (Å²) in [6, 6.07) is 9.29. The van der Waals surface area contributed by atoms with Crippen LogP contribution in [0.1, 0.15) is 10.4 Å². The largest absolute Gasteiger partial charge is 0.336 e. The Kier molecular flexibility index (Phi) is 6.25. The Morgan fingerprint density at radius 2 is 1.37 bits per heavy atom. The molecule has 0 atom stereocenters. The summed E-state index contributed by atoms with van der Waals surface area (Å²) in [4.78, 5) is 14.2. The number of hydrogen-bond donors (Lipinski definition) is 0. The molecule has 0 aromatic heterocycles. The molecule has 0 unspecified atom stereocenters. The zero-order valence-electron chi connectivity index (χ0n) is 13.8. The fourth-order valence-corrected chi connectivity index (χ4v) is 5.33. The molecule has 1 amide bonds. The van der Waals surface area contributed by atoms with Crippen molar-refractivity contribution in [3.8, 4) is 0 Å². The van der Waals surface area contributed by atoms with Gasteiger partial charge < -0.3 is 4.90 Å². The number of nitrogens with zero attached hydrogens (tertiary/aromatic N) is 2. The van der Waals surface area contributed by atoms with Gasteiger partial charge in [0.05, 0.1) is 25.7 Å². The summed E-state index contributed by atoms with van der Waals surface area (Å²) in [7, 11) is -3.81. The molecule has 1 aliphatic heterocycles. The number of benzene rings is 2. The highest BCUT2D eigenvalue weighted by atomic mass is 35.5. The molecule has 5 nitrogen and oxygen atoms in total. The second-order valence-corrected chi connectivity index (χ2v) is 9.33. The number of carbonyl (C=O) groups is 1. The molecule has 3 rings (SSSR count). The molecule has 2 aromatic rings. The van der Waals surface area contributed by atoms with E-state index in [9.17, 15) is 13.2 Å². The van der Waals surface area contributed by atoms with Gasteiger partial charge in [0.15, 0.2) is 0 Å². The molecule has 0 saturated carbocycles. The summed E-state index contributed by atoms with van der Waals surface area (Å²) < 4.78 is 27.0. The molecule has 1 heterocycles. The van der Waals surface area contributed by atoms with Gasteiger partial charge in [-0.15, -0.1) is 0 Å².